The van der Waals surface area contributed by atoms with Crippen molar-refractivity contribution in [1.29, 1.82) is 0 Å². The zero-order valence-corrected chi connectivity index (χ0v) is 15.3. The Kier molecular flexibility index (Phi) is 4.30. The standard InChI is InChI=1S/C14H16ClN5O4S/c1-7(2)20-11(21)4-10(14(20)22)18-25(23,24)9-5-16-13-12(15)8(3)17-19(13)6-9/h5-7,10,18H,4H2,1-3H3/t10-/m0/s1. The van der Waals surface area contributed by atoms with Gasteiger partial charge in [-0.1, -0.05) is 11.6 Å². The molecular formula is C14H16ClN5O4S. The van der Waals surface area contributed by atoms with Crippen LogP contribution in [0.15, 0.2) is 17.3 Å². The van der Waals surface area contributed by atoms with Gasteiger partial charge in [-0.3, -0.25) is 14.5 Å². The Bertz CT molecular complexity index is 985. The second-order valence-corrected chi connectivity index (χ2v) is 8.12. The lowest BCUT2D eigenvalue weighted by Gasteiger charge is -2.19. The van der Waals surface area contributed by atoms with Gasteiger partial charge in [-0.2, -0.15) is 9.82 Å². The smallest absolute Gasteiger partial charge is 0.248 e. The van der Waals surface area contributed by atoms with Crippen LogP contribution in [0, 0.1) is 6.92 Å². The summed E-state index contributed by atoms with van der Waals surface area (Å²) >= 11 is 6.03. The molecule has 3 rings (SSSR count). The third kappa shape index (κ3) is 3.00. The zero-order valence-electron chi connectivity index (χ0n) is 13.7. The fourth-order valence-electron chi connectivity index (χ4n) is 2.68. The van der Waals surface area contributed by atoms with E-state index in [1.807, 2.05) is 0 Å². The lowest BCUT2D eigenvalue weighted by molar-refractivity contribution is -0.140. The van der Waals surface area contributed by atoms with Crippen molar-refractivity contribution in [2.45, 2.75) is 44.2 Å². The van der Waals surface area contributed by atoms with E-state index < -0.39 is 27.9 Å². The summed E-state index contributed by atoms with van der Waals surface area (Å²) in [5, 5.41) is 4.42. The molecule has 1 aliphatic heterocycles. The van der Waals surface area contributed by atoms with Crippen molar-refractivity contribution in [2.75, 3.05) is 0 Å². The number of rotatable bonds is 4. The Morgan fingerprint density at radius 1 is 1.36 bits per heavy atom. The summed E-state index contributed by atoms with van der Waals surface area (Å²) in [7, 11) is -4.06. The average molecular weight is 386 g/mol. The van der Waals surface area contributed by atoms with E-state index in [-0.39, 0.29) is 17.4 Å². The van der Waals surface area contributed by atoms with Crippen LogP contribution in [0.2, 0.25) is 5.02 Å². The molecule has 0 saturated carbocycles. The molecule has 1 N–H and O–H groups in total. The van der Waals surface area contributed by atoms with Crippen molar-refractivity contribution in [3.63, 3.8) is 0 Å². The average Bonchev–Trinajstić information content (AvgIpc) is 2.95. The van der Waals surface area contributed by atoms with E-state index >= 15 is 0 Å². The highest BCUT2D eigenvalue weighted by molar-refractivity contribution is 7.89. The molecule has 1 aliphatic rings. The highest BCUT2D eigenvalue weighted by atomic mass is 35.5. The van der Waals surface area contributed by atoms with Gasteiger partial charge in [-0.25, -0.2) is 17.9 Å². The van der Waals surface area contributed by atoms with Crippen molar-refractivity contribution in [3.05, 3.63) is 23.1 Å². The maximum atomic E-state index is 12.5. The molecule has 0 bridgehead atoms. The molecule has 2 aromatic rings. The van der Waals surface area contributed by atoms with Gasteiger partial charge in [0.25, 0.3) is 0 Å². The van der Waals surface area contributed by atoms with Crippen LogP contribution in [0.25, 0.3) is 5.65 Å². The molecule has 134 valence electrons. The van der Waals surface area contributed by atoms with Crippen molar-refractivity contribution < 1.29 is 18.0 Å². The monoisotopic (exact) mass is 385 g/mol. The molecule has 1 atom stereocenters. The first kappa shape index (κ1) is 17.8. The van der Waals surface area contributed by atoms with E-state index in [1.165, 1.54) is 10.7 Å². The number of aromatic nitrogens is 3. The molecule has 9 nitrogen and oxygen atoms in total. The molecule has 0 unspecified atom stereocenters. The van der Waals surface area contributed by atoms with Crippen LogP contribution in [0.5, 0.6) is 0 Å². The van der Waals surface area contributed by atoms with Gasteiger partial charge in [0, 0.05) is 6.04 Å². The molecule has 0 spiro atoms. The molecule has 2 amide bonds. The minimum atomic E-state index is -4.06. The second kappa shape index (κ2) is 6.04. The van der Waals surface area contributed by atoms with Crippen molar-refractivity contribution in [3.8, 4) is 0 Å². The first-order valence-electron chi connectivity index (χ1n) is 7.50. The predicted molar refractivity (Wildman–Crippen MR) is 88.4 cm³/mol. The third-order valence-corrected chi connectivity index (χ3v) is 5.73. The number of sulfonamides is 1. The van der Waals surface area contributed by atoms with E-state index in [0.29, 0.717) is 16.4 Å². The summed E-state index contributed by atoms with van der Waals surface area (Å²) in [6, 6.07) is -1.46. The van der Waals surface area contributed by atoms with Gasteiger partial charge in [0.1, 0.15) is 16.0 Å². The van der Waals surface area contributed by atoms with Gasteiger partial charge in [0.05, 0.1) is 24.5 Å². The molecule has 1 saturated heterocycles. The number of carbonyl (C=O) groups excluding carboxylic acids is 2. The van der Waals surface area contributed by atoms with Gasteiger partial charge in [-0.05, 0) is 20.8 Å². The number of likely N-dealkylation sites (tertiary alicyclic amines) is 1. The lowest BCUT2D eigenvalue weighted by Crippen LogP contribution is -2.43. The number of fused-ring (bicyclic) bond motifs is 1. The topological polar surface area (TPSA) is 114 Å². The van der Waals surface area contributed by atoms with Crippen molar-refractivity contribution in [1.82, 2.24) is 24.2 Å². The number of halogens is 1. The minimum Gasteiger partial charge on any atom is -0.279 e. The third-order valence-electron chi connectivity index (χ3n) is 3.86. The minimum absolute atomic E-state index is 0.178. The maximum absolute atomic E-state index is 12.5. The molecule has 11 heteroatoms. The molecule has 0 aliphatic carbocycles. The highest BCUT2D eigenvalue weighted by Crippen LogP contribution is 2.22. The molecule has 0 aromatic carbocycles. The van der Waals surface area contributed by atoms with Crippen LogP contribution in [0.4, 0.5) is 0 Å². The molecular weight excluding hydrogens is 370 g/mol. The summed E-state index contributed by atoms with van der Waals surface area (Å²) < 4.78 is 28.6. The Labute approximate surface area is 149 Å². The quantitative estimate of drug-likeness (QED) is 0.767. The van der Waals surface area contributed by atoms with Crippen LogP contribution in [0.1, 0.15) is 26.0 Å². The van der Waals surface area contributed by atoms with Gasteiger partial charge >= 0.3 is 0 Å². The number of hydrogen-bond acceptors (Lipinski definition) is 6. The summed E-state index contributed by atoms with van der Waals surface area (Å²) in [5.41, 5.74) is 0.844. The van der Waals surface area contributed by atoms with Crippen LogP contribution in [-0.2, 0) is 19.6 Å². The van der Waals surface area contributed by atoms with Crippen LogP contribution < -0.4 is 4.72 Å². The van der Waals surface area contributed by atoms with E-state index in [2.05, 4.69) is 14.8 Å². The Morgan fingerprint density at radius 2 is 2.04 bits per heavy atom. The fourth-order valence-corrected chi connectivity index (χ4v) is 3.98. The number of nitrogens with zero attached hydrogens (tertiary/aromatic N) is 4. The number of amides is 2. The SMILES string of the molecule is Cc1nn2cc(S(=O)(=O)N[C@H]3CC(=O)N(C(C)C)C3=O)cnc2c1Cl. The largest absolute Gasteiger partial charge is 0.279 e. The van der Waals surface area contributed by atoms with E-state index in [1.54, 1.807) is 20.8 Å². The normalized spacial score (nSPS) is 18.8. The van der Waals surface area contributed by atoms with Crippen LogP contribution >= 0.6 is 11.6 Å². The number of aryl methyl sites for hydroxylation is 1. The second-order valence-electron chi connectivity index (χ2n) is 6.03. The Hall–Kier alpha value is -2.04. The van der Waals surface area contributed by atoms with Gasteiger partial charge in [0.15, 0.2) is 5.65 Å². The summed E-state index contributed by atoms with van der Waals surface area (Å²) in [6.07, 6.45) is 2.18. The number of imide groups is 1. The van der Waals surface area contributed by atoms with Crippen molar-refractivity contribution >= 4 is 39.1 Å². The molecule has 1 fully saturated rings. The summed E-state index contributed by atoms with van der Waals surface area (Å²) in [6.45, 7) is 5.05. The van der Waals surface area contributed by atoms with Crippen molar-refractivity contribution in [2.24, 2.45) is 0 Å². The Balaban J connectivity index is 1.90. The van der Waals surface area contributed by atoms with Crippen LogP contribution in [-0.4, -0.2) is 51.8 Å². The Morgan fingerprint density at radius 3 is 2.64 bits per heavy atom. The first-order valence-corrected chi connectivity index (χ1v) is 9.36. The molecule has 25 heavy (non-hydrogen) atoms. The number of nitrogens with one attached hydrogen (secondary N) is 1. The lowest BCUT2D eigenvalue weighted by atomic mass is 10.3. The molecule has 2 aromatic heterocycles. The zero-order chi connectivity index (χ0) is 18.5. The van der Waals surface area contributed by atoms with E-state index in [4.69, 9.17) is 11.6 Å². The maximum Gasteiger partial charge on any atom is 0.248 e. The molecule has 0 radical (unpaired) electrons. The number of hydrogen-bond donors (Lipinski definition) is 1. The van der Waals surface area contributed by atoms with E-state index in [9.17, 15) is 18.0 Å². The van der Waals surface area contributed by atoms with Crippen LogP contribution in [0.3, 0.4) is 0 Å². The van der Waals surface area contributed by atoms with Gasteiger partial charge < -0.3 is 0 Å². The summed E-state index contributed by atoms with van der Waals surface area (Å²) in [4.78, 5) is 29.0. The number of carbonyl (C=O) groups is 2. The van der Waals surface area contributed by atoms with Gasteiger partial charge in [-0.15, -0.1) is 0 Å². The first-order chi connectivity index (χ1) is 11.6. The van der Waals surface area contributed by atoms with Gasteiger partial charge in [0.2, 0.25) is 21.8 Å². The molecule has 3 heterocycles. The summed E-state index contributed by atoms with van der Waals surface area (Å²) in [5.74, 6) is -0.966. The fraction of sp³-hybridized carbons (Fsp3) is 0.429. The highest BCUT2D eigenvalue weighted by Gasteiger charge is 2.42. The van der Waals surface area contributed by atoms with E-state index in [0.717, 1.165) is 11.1 Å². The predicted octanol–water partition coefficient (Wildman–Crippen LogP) is 0.505.